The summed E-state index contributed by atoms with van der Waals surface area (Å²) < 4.78 is 32.0. The molecule has 0 aliphatic rings. The van der Waals surface area contributed by atoms with Crippen LogP contribution < -0.4 is 11.0 Å². The summed E-state index contributed by atoms with van der Waals surface area (Å²) in [5, 5.41) is 4.21. The highest BCUT2D eigenvalue weighted by molar-refractivity contribution is 9.10. The summed E-state index contributed by atoms with van der Waals surface area (Å²) in [4.78, 5) is 41.0. The molecule has 0 atom stereocenters. The molecule has 1 amide bonds. The molecule has 0 unspecified atom stereocenters. The smallest absolute Gasteiger partial charge is 0.323 e. The number of ether oxygens (including phenoxy) is 1. The number of nitrogens with zero attached hydrogens (tertiary/aromatic N) is 1. The number of sulfonamides is 1. The van der Waals surface area contributed by atoms with Crippen molar-refractivity contribution in [2.24, 2.45) is 0 Å². The Bertz CT molecular complexity index is 1580. The number of anilines is 1. The molecule has 1 heterocycles. The van der Waals surface area contributed by atoms with E-state index in [-0.39, 0.29) is 10.6 Å². The molecule has 34 heavy (non-hydrogen) atoms. The standard InChI is InChI=1S/C22H19BrN4O6S/c1-27(34(31,32)15-7-6-13-4-2-3-5-14(13)8-15)11-21(29)33-12-20(28)24-17-10-19-18(9-16(17)23)25-22(30)26-19/h2-10H,11-12H2,1H3,(H,24,28)(H2,25,26,30). The van der Waals surface area contributed by atoms with Crippen LogP contribution in [0.1, 0.15) is 0 Å². The van der Waals surface area contributed by atoms with E-state index in [0.717, 1.165) is 15.1 Å². The topological polar surface area (TPSA) is 141 Å². The van der Waals surface area contributed by atoms with E-state index < -0.39 is 35.1 Å². The monoisotopic (exact) mass is 546 g/mol. The number of halogens is 1. The van der Waals surface area contributed by atoms with E-state index in [1.54, 1.807) is 30.3 Å². The third-order valence-corrected chi connectivity index (χ3v) is 7.48. The fourth-order valence-electron chi connectivity index (χ4n) is 3.30. The van der Waals surface area contributed by atoms with Crippen LogP contribution in [0.5, 0.6) is 0 Å². The van der Waals surface area contributed by atoms with Crippen molar-refractivity contribution in [2.45, 2.75) is 4.90 Å². The van der Waals surface area contributed by atoms with Crippen LogP contribution in [0, 0.1) is 0 Å². The van der Waals surface area contributed by atoms with Gasteiger partial charge in [-0.25, -0.2) is 13.2 Å². The molecule has 176 valence electrons. The Morgan fingerprint density at radius 1 is 1.03 bits per heavy atom. The van der Waals surface area contributed by atoms with Gasteiger partial charge in [-0.2, -0.15) is 4.31 Å². The molecular formula is C22H19BrN4O6S. The molecule has 10 nitrogen and oxygen atoms in total. The van der Waals surface area contributed by atoms with Gasteiger partial charge in [0.1, 0.15) is 6.54 Å². The van der Waals surface area contributed by atoms with E-state index in [1.165, 1.54) is 19.2 Å². The minimum atomic E-state index is -3.94. The highest BCUT2D eigenvalue weighted by atomic mass is 79.9. The molecule has 4 aromatic rings. The molecule has 3 N–H and O–H groups in total. The van der Waals surface area contributed by atoms with Crippen LogP contribution in [0.25, 0.3) is 21.8 Å². The number of hydrogen-bond acceptors (Lipinski definition) is 6. The van der Waals surface area contributed by atoms with Crippen molar-refractivity contribution in [2.75, 3.05) is 25.5 Å². The first-order valence-electron chi connectivity index (χ1n) is 9.95. The molecule has 0 saturated heterocycles. The number of amides is 1. The van der Waals surface area contributed by atoms with Crippen molar-refractivity contribution < 1.29 is 22.7 Å². The lowest BCUT2D eigenvalue weighted by atomic mass is 10.1. The molecular weight excluding hydrogens is 528 g/mol. The summed E-state index contributed by atoms with van der Waals surface area (Å²) >= 11 is 3.30. The summed E-state index contributed by atoms with van der Waals surface area (Å²) in [6.45, 7) is -1.18. The van der Waals surface area contributed by atoms with Gasteiger partial charge in [0.2, 0.25) is 10.0 Å². The number of benzene rings is 3. The quantitative estimate of drug-likeness (QED) is 0.304. The number of carbonyl (C=O) groups is 2. The van der Waals surface area contributed by atoms with E-state index in [1.807, 2.05) is 12.1 Å². The van der Waals surface area contributed by atoms with Crippen LogP contribution in [-0.4, -0.2) is 54.8 Å². The van der Waals surface area contributed by atoms with Crippen molar-refractivity contribution in [1.82, 2.24) is 14.3 Å². The molecule has 1 aromatic heterocycles. The molecule has 12 heteroatoms. The average Bonchev–Trinajstić information content (AvgIpc) is 3.16. The number of aromatic amines is 2. The third-order valence-electron chi connectivity index (χ3n) is 5.02. The minimum Gasteiger partial charge on any atom is -0.455 e. The Balaban J connectivity index is 1.36. The van der Waals surface area contributed by atoms with Crippen molar-refractivity contribution >= 4 is 65.3 Å². The molecule has 0 fully saturated rings. The van der Waals surface area contributed by atoms with Crippen LogP contribution in [0.2, 0.25) is 0 Å². The fraction of sp³-hybridized carbons (Fsp3) is 0.136. The second-order valence-electron chi connectivity index (χ2n) is 7.44. The second kappa shape index (κ2) is 9.41. The number of fused-ring (bicyclic) bond motifs is 2. The molecule has 0 aliphatic heterocycles. The normalized spacial score (nSPS) is 11.7. The summed E-state index contributed by atoms with van der Waals surface area (Å²) in [7, 11) is -2.68. The maximum absolute atomic E-state index is 12.8. The predicted molar refractivity (Wildman–Crippen MR) is 130 cm³/mol. The van der Waals surface area contributed by atoms with E-state index >= 15 is 0 Å². The Hall–Kier alpha value is -3.48. The molecule has 0 radical (unpaired) electrons. The zero-order valence-corrected chi connectivity index (χ0v) is 20.2. The second-order valence-corrected chi connectivity index (χ2v) is 10.3. The first-order valence-corrected chi connectivity index (χ1v) is 12.2. The number of imidazole rings is 1. The van der Waals surface area contributed by atoms with Crippen LogP contribution >= 0.6 is 15.9 Å². The first kappa shape index (κ1) is 23.7. The molecule has 0 spiro atoms. The van der Waals surface area contributed by atoms with E-state index in [4.69, 9.17) is 4.74 Å². The molecule has 4 rings (SSSR count). The van der Waals surface area contributed by atoms with Gasteiger partial charge in [0.05, 0.1) is 21.6 Å². The van der Waals surface area contributed by atoms with Crippen LogP contribution in [-0.2, 0) is 24.3 Å². The number of rotatable bonds is 7. The van der Waals surface area contributed by atoms with Crippen LogP contribution in [0.3, 0.4) is 0 Å². The predicted octanol–water partition coefficient (Wildman–Crippen LogP) is 2.57. The number of aromatic nitrogens is 2. The van der Waals surface area contributed by atoms with Crippen molar-refractivity contribution in [3.63, 3.8) is 0 Å². The van der Waals surface area contributed by atoms with E-state index in [9.17, 15) is 22.8 Å². The van der Waals surface area contributed by atoms with E-state index in [0.29, 0.717) is 21.2 Å². The largest absolute Gasteiger partial charge is 0.455 e. The number of carbonyl (C=O) groups excluding carboxylic acids is 2. The van der Waals surface area contributed by atoms with Gasteiger partial charge in [0.25, 0.3) is 5.91 Å². The zero-order valence-electron chi connectivity index (χ0n) is 17.8. The molecule has 0 aliphatic carbocycles. The number of likely N-dealkylation sites (N-methyl/N-ethyl adjacent to an activating group) is 1. The highest BCUT2D eigenvalue weighted by Gasteiger charge is 2.24. The van der Waals surface area contributed by atoms with Gasteiger partial charge in [-0.3, -0.25) is 9.59 Å². The molecule has 3 aromatic carbocycles. The lowest BCUT2D eigenvalue weighted by Gasteiger charge is -2.17. The molecule has 0 bridgehead atoms. The van der Waals surface area contributed by atoms with Crippen LogP contribution in [0.15, 0.2) is 68.8 Å². The Kier molecular flexibility index (Phi) is 6.55. The van der Waals surface area contributed by atoms with Crippen LogP contribution in [0.4, 0.5) is 5.69 Å². The summed E-state index contributed by atoms with van der Waals surface area (Å²) in [6.07, 6.45) is 0. The summed E-state index contributed by atoms with van der Waals surface area (Å²) in [6, 6.07) is 15.2. The van der Waals surface area contributed by atoms with Gasteiger partial charge in [0, 0.05) is 11.5 Å². The maximum Gasteiger partial charge on any atom is 0.323 e. The lowest BCUT2D eigenvalue weighted by Crippen LogP contribution is -2.34. The van der Waals surface area contributed by atoms with Gasteiger partial charge in [0.15, 0.2) is 6.61 Å². The molecule has 0 saturated carbocycles. The zero-order chi connectivity index (χ0) is 24.5. The van der Waals surface area contributed by atoms with Gasteiger partial charge >= 0.3 is 11.7 Å². The number of hydrogen-bond donors (Lipinski definition) is 3. The maximum atomic E-state index is 12.8. The van der Waals surface area contributed by atoms with Crippen molar-refractivity contribution in [3.05, 3.63) is 69.6 Å². The number of esters is 1. The minimum absolute atomic E-state index is 0.0438. The number of H-pyrrole nitrogens is 2. The van der Waals surface area contributed by atoms with Gasteiger partial charge in [-0.05, 0) is 51.0 Å². The van der Waals surface area contributed by atoms with Gasteiger partial charge in [-0.1, -0.05) is 30.3 Å². The highest BCUT2D eigenvalue weighted by Crippen LogP contribution is 2.26. The SMILES string of the molecule is CN(CC(=O)OCC(=O)Nc1cc2[nH]c(=O)[nH]c2cc1Br)S(=O)(=O)c1ccc2ccccc2c1. The van der Waals surface area contributed by atoms with Gasteiger partial charge in [-0.15, -0.1) is 0 Å². The Morgan fingerprint density at radius 2 is 1.71 bits per heavy atom. The first-order chi connectivity index (χ1) is 16.1. The Morgan fingerprint density at radius 3 is 2.44 bits per heavy atom. The van der Waals surface area contributed by atoms with Crippen molar-refractivity contribution in [3.8, 4) is 0 Å². The Labute approximate surface area is 202 Å². The summed E-state index contributed by atoms with van der Waals surface area (Å²) in [5.74, 6) is -1.52. The third kappa shape index (κ3) is 5.03. The van der Waals surface area contributed by atoms with E-state index in [2.05, 4.69) is 31.2 Å². The fourth-order valence-corrected chi connectivity index (χ4v) is 4.90. The summed E-state index contributed by atoms with van der Waals surface area (Å²) in [5.41, 5.74) is 1.01. The number of nitrogens with one attached hydrogen (secondary N) is 3. The van der Waals surface area contributed by atoms with Crippen molar-refractivity contribution in [1.29, 1.82) is 0 Å². The lowest BCUT2D eigenvalue weighted by molar-refractivity contribution is -0.147. The average molecular weight is 547 g/mol. The van der Waals surface area contributed by atoms with Gasteiger partial charge < -0.3 is 20.0 Å².